The van der Waals surface area contributed by atoms with Crippen molar-refractivity contribution in [3.05, 3.63) is 197 Å². The van der Waals surface area contributed by atoms with Gasteiger partial charge in [0.1, 0.15) is 0 Å². The normalized spacial score (nSPS) is 27.1. The molecule has 2 aliphatic heterocycles. The minimum atomic E-state index is 0.314. The third-order valence-corrected chi connectivity index (χ3v) is 11.8. The Labute approximate surface area is 296 Å². The van der Waals surface area contributed by atoms with Gasteiger partial charge in [-0.3, -0.25) is 0 Å². The summed E-state index contributed by atoms with van der Waals surface area (Å²) in [6.45, 7) is 0. The zero-order chi connectivity index (χ0) is 33.0. The maximum atomic E-state index is 2.63. The molecule has 5 atom stereocenters. The second-order valence-electron chi connectivity index (χ2n) is 14.6. The molecule has 0 saturated heterocycles. The molecule has 0 radical (unpaired) electrons. The molecule has 0 bridgehead atoms. The molecule has 7 aliphatic rings. The number of allylic oxidation sites excluding steroid dienone is 15. The van der Waals surface area contributed by atoms with Gasteiger partial charge in [0.15, 0.2) is 0 Å². The monoisotopic (exact) mass is 646 g/mol. The van der Waals surface area contributed by atoms with Crippen molar-refractivity contribution in [1.82, 2.24) is 0 Å². The van der Waals surface area contributed by atoms with E-state index in [1.807, 2.05) is 0 Å². The lowest BCUT2D eigenvalue weighted by atomic mass is 9.79. The Morgan fingerprint density at radius 3 is 2.16 bits per heavy atom. The number of rotatable bonds is 5. The van der Waals surface area contributed by atoms with Crippen LogP contribution in [0.5, 0.6) is 0 Å². The van der Waals surface area contributed by atoms with Crippen LogP contribution in [0.2, 0.25) is 0 Å². The zero-order valence-corrected chi connectivity index (χ0v) is 28.4. The minimum Gasteiger partial charge on any atom is -0.337 e. The first-order valence-corrected chi connectivity index (χ1v) is 18.6. The summed E-state index contributed by atoms with van der Waals surface area (Å²) in [6.07, 6.45) is 40.9. The molecule has 50 heavy (non-hydrogen) atoms. The van der Waals surface area contributed by atoms with Crippen LogP contribution < -0.4 is 9.80 Å². The Balaban J connectivity index is 0.966. The molecule has 2 heterocycles. The van der Waals surface area contributed by atoms with Crippen molar-refractivity contribution in [2.45, 2.75) is 50.1 Å². The lowest BCUT2D eigenvalue weighted by Gasteiger charge is -2.31. The molecule has 0 N–H and O–H groups in total. The van der Waals surface area contributed by atoms with Gasteiger partial charge < -0.3 is 9.80 Å². The average molecular weight is 647 g/mol. The van der Waals surface area contributed by atoms with E-state index in [-0.39, 0.29) is 0 Å². The van der Waals surface area contributed by atoms with E-state index in [2.05, 4.69) is 174 Å². The number of fused-ring (bicyclic) bond motifs is 5. The van der Waals surface area contributed by atoms with Gasteiger partial charge in [-0.05, 0) is 95.8 Å². The van der Waals surface area contributed by atoms with Crippen molar-refractivity contribution >= 4 is 28.2 Å². The fourth-order valence-corrected chi connectivity index (χ4v) is 9.42. The highest BCUT2D eigenvalue weighted by Gasteiger charge is 2.41. The SMILES string of the molecule is C1=CC2C3=C(CCC(C4C=C(c5ccc6c(c5)N(c5ccccc5)C5C=CC=CC65)C=CC4)=C3)N(c3ccc(C4=CCCC=C4)cc3)C2C=C1. The molecule has 2 heteroatoms. The Hall–Kier alpha value is -5.34. The van der Waals surface area contributed by atoms with Gasteiger partial charge in [0, 0.05) is 40.5 Å². The highest BCUT2D eigenvalue weighted by Crippen LogP contribution is 2.50. The number of anilines is 3. The number of hydrogen-bond donors (Lipinski definition) is 0. The van der Waals surface area contributed by atoms with E-state index in [0.717, 1.165) is 32.1 Å². The molecule has 0 saturated carbocycles. The first-order valence-electron chi connectivity index (χ1n) is 18.6. The van der Waals surface area contributed by atoms with Crippen molar-refractivity contribution in [3.8, 4) is 0 Å². The molecule has 3 aromatic rings. The summed E-state index contributed by atoms with van der Waals surface area (Å²) in [5, 5.41) is 0. The molecule has 0 spiro atoms. The number of hydrogen-bond acceptors (Lipinski definition) is 2. The highest BCUT2D eigenvalue weighted by molar-refractivity contribution is 5.83. The molecule has 5 aliphatic carbocycles. The predicted molar refractivity (Wildman–Crippen MR) is 210 cm³/mol. The average Bonchev–Trinajstić information content (AvgIpc) is 3.71. The maximum Gasteiger partial charge on any atom is 0.0629 e. The largest absolute Gasteiger partial charge is 0.337 e. The molecular formula is C48H42N2. The standard InChI is InChI=1S/C48H42N2/c1-3-12-33(13-4-1)34-22-26-40(27-23-34)49-46-21-10-8-19-42(46)44-31-37(25-29-47(44)49)35-14-11-15-36(30-35)38-24-28-43-41-18-7-9-20-45(41)50(48(43)32-38)39-16-5-2-6-17-39/h2-3,5-13,15-24,26-28,30-32,35,41-42,45-46H,1,4,14,25,29H2. The summed E-state index contributed by atoms with van der Waals surface area (Å²) in [7, 11) is 0. The number of nitrogens with zero attached hydrogens (tertiary/aromatic N) is 2. The van der Waals surface area contributed by atoms with E-state index in [9.17, 15) is 0 Å². The third kappa shape index (κ3) is 4.92. The maximum absolute atomic E-state index is 2.63. The fraction of sp³-hybridized carbons (Fsp3) is 0.208. The molecule has 10 rings (SSSR count). The Morgan fingerprint density at radius 2 is 1.34 bits per heavy atom. The van der Waals surface area contributed by atoms with Crippen LogP contribution in [0, 0.1) is 11.8 Å². The van der Waals surface area contributed by atoms with Crippen LogP contribution in [0.15, 0.2) is 181 Å². The van der Waals surface area contributed by atoms with Gasteiger partial charge in [-0.1, -0.05) is 139 Å². The van der Waals surface area contributed by atoms with Crippen molar-refractivity contribution in [2.75, 3.05) is 9.80 Å². The van der Waals surface area contributed by atoms with Gasteiger partial charge in [0.05, 0.1) is 12.1 Å². The summed E-state index contributed by atoms with van der Waals surface area (Å²) in [5.41, 5.74) is 15.2. The van der Waals surface area contributed by atoms with Crippen LogP contribution in [0.3, 0.4) is 0 Å². The number of benzene rings is 3. The molecule has 5 unspecified atom stereocenters. The molecule has 3 aromatic carbocycles. The van der Waals surface area contributed by atoms with Crippen LogP contribution in [0.4, 0.5) is 17.1 Å². The second kappa shape index (κ2) is 12.2. The van der Waals surface area contributed by atoms with Crippen LogP contribution in [0.1, 0.15) is 54.7 Å². The van der Waals surface area contributed by atoms with E-state index in [1.54, 1.807) is 5.57 Å². The van der Waals surface area contributed by atoms with Crippen LogP contribution >= 0.6 is 0 Å². The first-order chi connectivity index (χ1) is 24.8. The van der Waals surface area contributed by atoms with Crippen LogP contribution in [-0.2, 0) is 0 Å². The van der Waals surface area contributed by atoms with Gasteiger partial charge in [-0.2, -0.15) is 0 Å². The van der Waals surface area contributed by atoms with E-state index < -0.39 is 0 Å². The molecule has 0 fully saturated rings. The Morgan fingerprint density at radius 1 is 0.600 bits per heavy atom. The summed E-state index contributed by atoms with van der Waals surface area (Å²) in [6, 6.07) is 28.1. The van der Waals surface area contributed by atoms with Crippen molar-refractivity contribution in [3.63, 3.8) is 0 Å². The molecule has 0 aromatic heterocycles. The van der Waals surface area contributed by atoms with Crippen molar-refractivity contribution < 1.29 is 0 Å². The van der Waals surface area contributed by atoms with E-state index in [1.165, 1.54) is 56.2 Å². The summed E-state index contributed by atoms with van der Waals surface area (Å²) in [4.78, 5) is 5.17. The van der Waals surface area contributed by atoms with Crippen molar-refractivity contribution in [1.29, 1.82) is 0 Å². The second-order valence-corrected chi connectivity index (χ2v) is 14.6. The van der Waals surface area contributed by atoms with Crippen molar-refractivity contribution in [2.24, 2.45) is 11.8 Å². The van der Waals surface area contributed by atoms with Crippen LogP contribution in [0.25, 0.3) is 11.1 Å². The first kappa shape index (κ1) is 29.6. The quantitative estimate of drug-likeness (QED) is 0.272. The van der Waals surface area contributed by atoms with Gasteiger partial charge in [0.2, 0.25) is 0 Å². The van der Waals surface area contributed by atoms with E-state index >= 15 is 0 Å². The van der Waals surface area contributed by atoms with Gasteiger partial charge in [-0.15, -0.1) is 0 Å². The molecule has 2 nitrogen and oxygen atoms in total. The highest BCUT2D eigenvalue weighted by atomic mass is 15.2. The lowest BCUT2D eigenvalue weighted by molar-refractivity contribution is 0.681. The lowest BCUT2D eigenvalue weighted by Crippen LogP contribution is -2.32. The summed E-state index contributed by atoms with van der Waals surface area (Å²) < 4.78 is 0. The molecular weight excluding hydrogens is 605 g/mol. The van der Waals surface area contributed by atoms with E-state index in [0.29, 0.717) is 29.8 Å². The predicted octanol–water partition coefficient (Wildman–Crippen LogP) is 11.7. The number of para-hydroxylation sites is 1. The topological polar surface area (TPSA) is 6.48 Å². The molecule has 244 valence electrons. The van der Waals surface area contributed by atoms with Gasteiger partial charge in [-0.25, -0.2) is 0 Å². The third-order valence-electron chi connectivity index (χ3n) is 11.8. The zero-order valence-electron chi connectivity index (χ0n) is 28.4. The van der Waals surface area contributed by atoms with Gasteiger partial charge >= 0.3 is 0 Å². The van der Waals surface area contributed by atoms with Gasteiger partial charge in [0.25, 0.3) is 0 Å². The smallest absolute Gasteiger partial charge is 0.0629 e. The Kier molecular flexibility index (Phi) is 7.22. The van der Waals surface area contributed by atoms with Crippen LogP contribution in [-0.4, -0.2) is 12.1 Å². The fourth-order valence-electron chi connectivity index (χ4n) is 9.42. The Bertz CT molecular complexity index is 2160. The van der Waals surface area contributed by atoms with E-state index in [4.69, 9.17) is 0 Å². The summed E-state index contributed by atoms with van der Waals surface area (Å²) in [5.74, 6) is 1.19. The minimum absolute atomic E-state index is 0.314. The molecule has 0 amide bonds. The summed E-state index contributed by atoms with van der Waals surface area (Å²) >= 11 is 0.